The number of aromatic hydroxyl groups is 3. The summed E-state index contributed by atoms with van der Waals surface area (Å²) in [6.07, 6.45) is 0. The summed E-state index contributed by atoms with van der Waals surface area (Å²) in [5, 5.41) is 28.3. The van der Waals surface area contributed by atoms with Crippen LogP contribution >= 0.6 is 0 Å². The van der Waals surface area contributed by atoms with Crippen LogP contribution in [-0.4, -0.2) is 48.6 Å². The van der Waals surface area contributed by atoms with Gasteiger partial charge in [0.1, 0.15) is 46.5 Å². The van der Waals surface area contributed by atoms with Gasteiger partial charge in [0.25, 0.3) is 0 Å². The van der Waals surface area contributed by atoms with Crippen molar-refractivity contribution in [3.8, 4) is 28.7 Å². The number of rotatable bonds is 6. The molecule has 0 saturated heterocycles. The molecule has 3 rings (SSSR count). The molecule has 186 valence electrons. The summed E-state index contributed by atoms with van der Waals surface area (Å²) in [7, 11) is 4.11. The molecule has 0 aromatic heterocycles. The molecule has 0 heterocycles. The van der Waals surface area contributed by atoms with Crippen LogP contribution in [0.2, 0.25) is 0 Å². The topological polar surface area (TPSA) is 132 Å². The van der Waals surface area contributed by atoms with Gasteiger partial charge in [0.2, 0.25) is 0 Å². The second kappa shape index (κ2) is 12.2. The number of phenolic OH excluding ortho intramolecular Hbond substituents is 3. The Labute approximate surface area is 203 Å². The maximum absolute atomic E-state index is 11.6. The van der Waals surface area contributed by atoms with Crippen molar-refractivity contribution in [3.05, 3.63) is 76.3 Å². The molecule has 35 heavy (non-hydrogen) atoms. The van der Waals surface area contributed by atoms with E-state index in [2.05, 4.69) is 9.47 Å². The van der Waals surface area contributed by atoms with E-state index in [4.69, 9.17) is 14.6 Å². The molecule has 0 aliphatic heterocycles. The van der Waals surface area contributed by atoms with Crippen LogP contribution in [0.5, 0.6) is 28.7 Å². The van der Waals surface area contributed by atoms with Gasteiger partial charge in [-0.05, 0) is 54.8 Å². The van der Waals surface area contributed by atoms with Gasteiger partial charge in [-0.15, -0.1) is 0 Å². The highest BCUT2D eigenvalue weighted by Gasteiger charge is 2.17. The largest absolute Gasteiger partial charge is 0.508 e. The van der Waals surface area contributed by atoms with Gasteiger partial charge >= 0.3 is 11.9 Å². The van der Waals surface area contributed by atoms with E-state index in [9.17, 15) is 19.8 Å². The summed E-state index contributed by atoms with van der Waals surface area (Å²) in [5.74, 6) is -0.437. The third kappa shape index (κ3) is 7.04. The first-order chi connectivity index (χ1) is 16.6. The molecular formula is C26H28O9. The summed E-state index contributed by atoms with van der Waals surface area (Å²) in [6, 6.07) is 13.1. The van der Waals surface area contributed by atoms with Gasteiger partial charge < -0.3 is 34.3 Å². The molecule has 3 aromatic carbocycles. The van der Waals surface area contributed by atoms with Crippen molar-refractivity contribution in [3.63, 3.8) is 0 Å². The summed E-state index contributed by atoms with van der Waals surface area (Å²) < 4.78 is 19.8. The maximum atomic E-state index is 11.6. The molecule has 0 bridgehead atoms. The van der Waals surface area contributed by atoms with E-state index in [1.807, 2.05) is 24.3 Å². The molecule has 0 saturated carbocycles. The Bertz CT molecular complexity index is 1140. The number of carbonyl (C=O) groups is 2. The molecule has 3 aromatic rings. The molecular weight excluding hydrogens is 456 g/mol. The second-order valence-corrected chi connectivity index (χ2v) is 7.41. The smallest absolute Gasteiger partial charge is 0.341 e. The molecule has 0 aliphatic rings. The van der Waals surface area contributed by atoms with E-state index in [0.29, 0.717) is 23.5 Å². The average Bonchev–Trinajstić information content (AvgIpc) is 2.82. The molecule has 0 atom stereocenters. The van der Waals surface area contributed by atoms with Crippen molar-refractivity contribution in [2.24, 2.45) is 0 Å². The van der Waals surface area contributed by atoms with Crippen LogP contribution in [0.25, 0.3) is 0 Å². The lowest BCUT2D eigenvalue weighted by Gasteiger charge is -2.11. The highest BCUT2D eigenvalue weighted by molar-refractivity contribution is 5.94. The first kappa shape index (κ1) is 26.8. The van der Waals surface area contributed by atoms with E-state index < -0.39 is 11.9 Å². The number of phenols is 3. The number of hydrogen-bond acceptors (Lipinski definition) is 9. The maximum Gasteiger partial charge on any atom is 0.341 e. The van der Waals surface area contributed by atoms with Crippen molar-refractivity contribution >= 4 is 11.9 Å². The van der Waals surface area contributed by atoms with Gasteiger partial charge in [0.15, 0.2) is 0 Å². The molecule has 0 unspecified atom stereocenters. The second-order valence-electron chi connectivity index (χ2n) is 7.41. The van der Waals surface area contributed by atoms with E-state index in [-0.39, 0.29) is 28.4 Å². The van der Waals surface area contributed by atoms with Gasteiger partial charge in [-0.25, -0.2) is 9.59 Å². The van der Waals surface area contributed by atoms with Crippen molar-refractivity contribution in [2.75, 3.05) is 21.3 Å². The third-order valence-corrected chi connectivity index (χ3v) is 4.93. The van der Waals surface area contributed by atoms with Gasteiger partial charge in [-0.1, -0.05) is 12.1 Å². The lowest BCUT2D eigenvalue weighted by atomic mass is 10.1. The Morgan fingerprint density at radius 2 is 1.23 bits per heavy atom. The zero-order chi connectivity index (χ0) is 26.1. The average molecular weight is 485 g/mol. The lowest BCUT2D eigenvalue weighted by molar-refractivity contribution is 0.0587. The molecule has 0 spiro atoms. The molecule has 9 nitrogen and oxygen atoms in total. The molecule has 0 radical (unpaired) electrons. The van der Waals surface area contributed by atoms with E-state index >= 15 is 0 Å². The number of benzene rings is 3. The van der Waals surface area contributed by atoms with Crippen LogP contribution in [0.4, 0.5) is 0 Å². The number of hydrogen-bond donors (Lipinski definition) is 3. The summed E-state index contributed by atoms with van der Waals surface area (Å²) in [5.41, 5.74) is 2.27. The molecule has 0 aliphatic carbocycles. The Balaban J connectivity index is 0.000000283. The van der Waals surface area contributed by atoms with Gasteiger partial charge in [0, 0.05) is 12.1 Å². The fraction of sp³-hybridized carbons (Fsp3) is 0.231. The Hall–Kier alpha value is -4.40. The lowest BCUT2D eigenvalue weighted by Crippen LogP contribution is -2.05. The fourth-order valence-corrected chi connectivity index (χ4v) is 3.19. The predicted octanol–water partition coefficient (Wildman–Crippen LogP) is 4.27. The summed E-state index contributed by atoms with van der Waals surface area (Å²) >= 11 is 0. The molecule has 0 amide bonds. The van der Waals surface area contributed by atoms with Crippen LogP contribution < -0.4 is 9.47 Å². The summed E-state index contributed by atoms with van der Waals surface area (Å²) in [4.78, 5) is 22.7. The zero-order valence-electron chi connectivity index (χ0n) is 20.1. The van der Waals surface area contributed by atoms with E-state index in [0.717, 1.165) is 17.4 Å². The Morgan fingerprint density at radius 1 is 0.714 bits per heavy atom. The highest BCUT2D eigenvalue weighted by Crippen LogP contribution is 2.29. The minimum atomic E-state index is -0.616. The minimum absolute atomic E-state index is 0.0809. The predicted molar refractivity (Wildman–Crippen MR) is 127 cm³/mol. The molecule has 9 heteroatoms. The van der Waals surface area contributed by atoms with Crippen LogP contribution in [0.1, 0.15) is 37.4 Å². The van der Waals surface area contributed by atoms with Gasteiger partial charge in [-0.3, -0.25) is 0 Å². The van der Waals surface area contributed by atoms with Crippen molar-refractivity contribution in [2.45, 2.75) is 20.5 Å². The summed E-state index contributed by atoms with van der Waals surface area (Å²) in [6.45, 7) is 3.67. The first-order valence-corrected chi connectivity index (χ1v) is 10.4. The van der Waals surface area contributed by atoms with E-state index in [1.165, 1.54) is 26.4 Å². The number of ether oxygens (including phenoxy) is 4. The number of methoxy groups -OCH3 is 3. The van der Waals surface area contributed by atoms with E-state index in [1.54, 1.807) is 27.0 Å². The molecule has 0 fully saturated rings. The number of carbonyl (C=O) groups excluding carboxylic acids is 2. The monoisotopic (exact) mass is 484 g/mol. The van der Waals surface area contributed by atoms with Crippen LogP contribution in [-0.2, 0) is 16.1 Å². The fourth-order valence-electron chi connectivity index (χ4n) is 3.19. The van der Waals surface area contributed by atoms with Crippen LogP contribution in [0.15, 0.2) is 48.5 Å². The minimum Gasteiger partial charge on any atom is -0.508 e. The van der Waals surface area contributed by atoms with Gasteiger partial charge in [-0.2, -0.15) is 0 Å². The number of esters is 2. The first-order valence-electron chi connectivity index (χ1n) is 10.4. The Morgan fingerprint density at radius 3 is 1.69 bits per heavy atom. The van der Waals surface area contributed by atoms with Crippen molar-refractivity contribution in [1.82, 2.24) is 0 Å². The highest BCUT2D eigenvalue weighted by atomic mass is 16.5. The SMILES string of the molecule is COC(=O)c1c(C)cc(O)cc1O.COC(=O)c1c(C)cc(OCc2ccc(OC)cc2)cc1O. The van der Waals surface area contributed by atoms with Gasteiger partial charge in [0.05, 0.1) is 21.3 Å². The van der Waals surface area contributed by atoms with Crippen LogP contribution in [0, 0.1) is 13.8 Å². The standard InChI is InChI=1S/C17H18O5.C9H10O4/c1-11-8-14(9-15(18)16(11)17(19)21-3)22-10-12-4-6-13(20-2)7-5-12;1-5-3-6(10)4-7(11)8(5)9(12)13-2/h4-9,18H,10H2,1-3H3;3-4,10-11H,1-2H3. The quantitative estimate of drug-likeness (QED) is 0.439. The van der Waals surface area contributed by atoms with Crippen molar-refractivity contribution in [1.29, 1.82) is 0 Å². The zero-order valence-corrected chi connectivity index (χ0v) is 20.1. The number of aryl methyl sites for hydroxylation is 2. The molecule has 3 N–H and O–H groups in total. The Kier molecular flexibility index (Phi) is 9.34. The third-order valence-electron chi connectivity index (χ3n) is 4.93. The van der Waals surface area contributed by atoms with Crippen LogP contribution in [0.3, 0.4) is 0 Å². The van der Waals surface area contributed by atoms with Crippen molar-refractivity contribution < 1.29 is 43.9 Å². The normalized spacial score (nSPS) is 9.97.